The van der Waals surface area contributed by atoms with E-state index in [0.717, 1.165) is 25.1 Å². The van der Waals surface area contributed by atoms with E-state index in [1.165, 1.54) is 4.31 Å². The van der Waals surface area contributed by atoms with E-state index in [-0.39, 0.29) is 12.1 Å². The summed E-state index contributed by atoms with van der Waals surface area (Å²) in [6.45, 7) is 4.14. The molecule has 1 aromatic carbocycles. The van der Waals surface area contributed by atoms with Crippen molar-refractivity contribution in [3.05, 3.63) is 35.9 Å². The number of hydrogen-bond donors (Lipinski definition) is 1. The van der Waals surface area contributed by atoms with Crippen molar-refractivity contribution in [1.29, 1.82) is 0 Å². The smallest absolute Gasteiger partial charge is 0.282 e. The molecule has 0 amide bonds. The molecule has 0 aliphatic carbocycles. The Morgan fingerprint density at radius 2 is 2.00 bits per heavy atom. The van der Waals surface area contributed by atoms with E-state index in [2.05, 4.69) is 5.32 Å². The highest BCUT2D eigenvalue weighted by atomic mass is 32.2. The molecular formula is C15H23N3O2S. The van der Waals surface area contributed by atoms with Crippen molar-refractivity contribution >= 4 is 10.2 Å². The molecule has 0 bridgehead atoms. The second kappa shape index (κ2) is 5.68. The lowest BCUT2D eigenvalue weighted by Gasteiger charge is -2.31. The first-order chi connectivity index (χ1) is 10.00. The van der Waals surface area contributed by atoms with Gasteiger partial charge in [-0.25, -0.2) is 0 Å². The minimum Gasteiger partial charge on any atom is -0.315 e. The zero-order valence-corrected chi connectivity index (χ0v) is 13.4. The molecule has 3 unspecified atom stereocenters. The Bertz CT molecular complexity index is 590. The third kappa shape index (κ3) is 2.73. The minimum absolute atomic E-state index is 0.0883. The fraction of sp³-hybridized carbons (Fsp3) is 0.600. The fourth-order valence-electron chi connectivity index (χ4n) is 3.61. The third-order valence-electron chi connectivity index (χ3n) is 4.62. The molecule has 2 heterocycles. The van der Waals surface area contributed by atoms with Crippen molar-refractivity contribution in [3.8, 4) is 0 Å². The Hall–Kier alpha value is -0.950. The molecule has 1 aromatic rings. The van der Waals surface area contributed by atoms with E-state index in [4.69, 9.17) is 0 Å². The molecule has 2 saturated heterocycles. The van der Waals surface area contributed by atoms with Crippen LogP contribution in [0.4, 0.5) is 0 Å². The maximum absolute atomic E-state index is 12.9. The Balaban J connectivity index is 1.79. The van der Waals surface area contributed by atoms with Crippen LogP contribution in [-0.2, 0) is 16.8 Å². The highest BCUT2D eigenvalue weighted by Crippen LogP contribution is 2.35. The van der Waals surface area contributed by atoms with Crippen molar-refractivity contribution in [2.75, 3.05) is 20.1 Å². The average molecular weight is 309 g/mol. The average Bonchev–Trinajstić information content (AvgIpc) is 2.99. The standard InChI is InChI=1S/C15H23N3O2S/c1-12-8-14-9-16-10-15(14)18(12)21(19,20)17(2)11-13-6-4-3-5-7-13/h3-7,12,14-16H,8-11H2,1-2H3. The number of benzene rings is 1. The summed E-state index contributed by atoms with van der Waals surface area (Å²) in [5, 5.41) is 3.31. The molecule has 0 radical (unpaired) electrons. The van der Waals surface area contributed by atoms with Crippen LogP contribution in [0.25, 0.3) is 0 Å². The van der Waals surface area contributed by atoms with Gasteiger partial charge in [-0.1, -0.05) is 30.3 Å². The van der Waals surface area contributed by atoms with Gasteiger partial charge in [0, 0.05) is 32.2 Å². The van der Waals surface area contributed by atoms with Crippen LogP contribution in [0, 0.1) is 5.92 Å². The Kier molecular flexibility index (Phi) is 4.05. The van der Waals surface area contributed by atoms with Gasteiger partial charge in [0.25, 0.3) is 10.2 Å². The van der Waals surface area contributed by atoms with E-state index < -0.39 is 10.2 Å². The quantitative estimate of drug-likeness (QED) is 0.904. The molecule has 1 N–H and O–H groups in total. The fourth-order valence-corrected chi connectivity index (χ4v) is 5.37. The second-order valence-electron chi connectivity index (χ2n) is 6.15. The predicted octanol–water partition coefficient (Wildman–Crippen LogP) is 1.05. The number of rotatable bonds is 4. The molecule has 2 aliphatic rings. The van der Waals surface area contributed by atoms with Crippen LogP contribution in [0.5, 0.6) is 0 Å². The summed E-state index contributed by atoms with van der Waals surface area (Å²) in [6.07, 6.45) is 0.954. The van der Waals surface area contributed by atoms with Gasteiger partial charge in [0.05, 0.1) is 0 Å². The second-order valence-corrected chi connectivity index (χ2v) is 8.09. The van der Waals surface area contributed by atoms with Crippen molar-refractivity contribution in [2.45, 2.75) is 32.0 Å². The number of fused-ring (bicyclic) bond motifs is 1. The summed E-state index contributed by atoms with van der Waals surface area (Å²) in [7, 11) is -1.74. The van der Waals surface area contributed by atoms with Crippen molar-refractivity contribution in [2.24, 2.45) is 5.92 Å². The molecule has 2 fully saturated rings. The topological polar surface area (TPSA) is 52.7 Å². The molecule has 0 spiro atoms. The number of nitrogens with one attached hydrogen (secondary N) is 1. The lowest BCUT2D eigenvalue weighted by atomic mass is 10.0. The van der Waals surface area contributed by atoms with E-state index in [0.29, 0.717) is 12.5 Å². The number of nitrogens with zero attached hydrogens (tertiary/aromatic N) is 2. The van der Waals surface area contributed by atoms with Gasteiger partial charge in [0.15, 0.2) is 0 Å². The van der Waals surface area contributed by atoms with Crippen molar-refractivity contribution < 1.29 is 8.42 Å². The summed E-state index contributed by atoms with van der Waals surface area (Å²) >= 11 is 0. The first kappa shape index (κ1) is 15.0. The van der Waals surface area contributed by atoms with Gasteiger partial charge in [-0.3, -0.25) is 0 Å². The Morgan fingerprint density at radius 1 is 1.29 bits per heavy atom. The van der Waals surface area contributed by atoms with Crippen molar-refractivity contribution in [3.63, 3.8) is 0 Å². The van der Waals surface area contributed by atoms with E-state index in [1.54, 1.807) is 11.4 Å². The van der Waals surface area contributed by atoms with Gasteiger partial charge < -0.3 is 5.32 Å². The maximum Gasteiger partial charge on any atom is 0.282 e. The summed E-state index contributed by atoms with van der Waals surface area (Å²) in [5.41, 5.74) is 1.01. The summed E-state index contributed by atoms with van der Waals surface area (Å²) in [4.78, 5) is 0. The van der Waals surface area contributed by atoms with Gasteiger partial charge in [-0.15, -0.1) is 0 Å². The molecular weight excluding hydrogens is 286 g/mol. The molecule has 2 aliphatic heterocycles. The lowest BCUT2D eigenvalue weighted by molar-refractivity contribution is 0.301. The largest absolute Gasteiger partial charge is 0.315 e. The molecule has 6 heteroatoms. The normalized spacial score (nSPS) is 30.0. The van der Waals surface area contributed by atoms with Crippen LogP contribution < -0.4 is 5.32 Å². The molecule has 5 nitrogen and oxygen atoms in total. The molecule has 3 atom stereocenters. The highest BCUT2D eigenvalue weighted by molar-refractivity contribution is 7.86. The van der Waals surface area contributed by atoms with Crippen LogP contribution >= 0.6 is 0 Å². The third-order valence-corrected chi connectivity index (χ3v) is 6.70. The van der Waals surface area contributed by atoms with Gasteiger partial charge in [-0.2, -0.15) is 17.0 Å². The molecule has 3 rings (SSSR count). The predicted molar refractivity (Wildman–Crippen MR) is 82.9 cm³/mol. The van der Waals surface area contributed by atoms with E-state index in [1.807, 2.05) is 37.3 Å². The molecule has 21 heavy (non-hydrogen) atoms. The van der Waals surface area contributed by atoms with Crippen LogP contribution in [0.2, 0.25) is 0 Å². The van der Waals surface area contributed by atoms with Crippen LogP contribution in [0.3, 0.4) is 0 Å². The van der Waals surface area contributed by atoms with E-state index in [9.17, 15) is 8.42 Å². The summed E-state index contributed by atoms with van der Waals surface area (Å²) in [5.74, 6) is 0.458. The van der Waals surface area contributed by atoms with Crippen molar-refractivity contribution in [1.82, 2.24) is 13.9 Å². The van der Waals surface area contributed by atoms with Gasteiger partial charge in [-0.05, 0) is 31.4 Å². The van der Waals surface area contributed by atoms with Crippen LogP contribution in [0.15, 0.2) is 30.3 Å². The van der Waals surface area contributed by atoms with Crippen LogP contribution in [0.1, 0.15) is 18.9 Å². The van der Waals surface area contributed by atoms with Crippen LogP contribution in [-0.4, -0.2) is 49.2 Å². The summed E-state index contributed by atoms with van der Waals surface area (Å²) in [6, 6.07) is 9.93. The zero-order valence-electron chi connectivity index (χ0n) is 12.6. The Morgan fingerprint density at radius 3 is 2.71 bits per heavy atom. The first-order valence-corrected chi connectivity index (χ1v) is 8.89. The Labute approximate surface area is 127 Å². The number of hydrogen-bond acceptors (Lipinski definition) is 3. The molecule has 0 aromatic heterocycles. The molecule has 116 valence electrons. The minimum atomic E-state index is -3.41. The molecule has 0 saturated carbocycles. The SMILES string of the molecule is CC1CC2CNCC2N1S(=O)(=O)N(C)Cc1ccccc1. The zero-order chi connectivity index (χ0) is 15.0. The highest BCUT2D eigenvalue weighted by Gasteiger charge is 2.48. The summed E-state index contributed by atoms with van der Waals surface area (Å²) < 4.78 is 29.0. The monoisotopic (exact) mass is 309 g/mol. The van der Waals surface area contributed by atoms with Gasteiger partial charge in [0.2, 0.25) is 0 Å². The first-order valence-electron chi connectivity index (χ1n) is 7.49. The van der Waals surface area contributed by atoms with Gasteiger partial charge in [0.1, 0.15) is 0 Å². The van der Waals surface area contributed by atoms with E-state index >= 15 is 0 Å². The van der Waals surface area contributed by atoms with Gasteiger partial charge >= 0.3 is 0 Å². The lowest BCUT2D eigenvalue weighted by Crippen LogP contribution is -2.48. The maximum atomic E-state index is 12.9.